The Balaban J connectivity index is 2.85. The molecule has 0 bridgehead atoms. The van der Waals surface area contributed by atoms with Crippen molar-refractivity contribution < 1.29 is 4.74 Å². The highest BCUT2D eigenvalue weighted by Crippen LogP contribution is 2.22. The molecule has 0 aliphatic rings. The molecule has 1 atom stereocenters. The molecule has 16 heavy (non-hydrogen) atoms. The Hall–Kier alpha value is -1.42. The van der Waals surface area contributed by atoms with Crippen molar-refractivity contribution in [2.75, 3.05) is 13.7 Å². The number of ether oxygens (including phenoxy) is 1. The summed E-state index contributed by atoms with van der Waals surface area (Å²) in [6.45, 7) is 6.83. The molecule has 0 aromatic carbocycles. The Kier molecular flexibility index (Phi) is 5.50. The first-order valence-corrected chi connectivity index (χ1v) is 5.52. The Morgan fingerprint density at radius 2 is 2.25 bits per heavy atom. The van der Waals surface area contributed by atoms with Gasteiger partial charge in [-0.2, -0.15) is 0 Å². The van der Waals surface area contributed by atoms with Gasteiger partial charge in [0.05, 0.1) is 13.2 Å². The third kappa shape index (κ3) is 3.31. The summed E-state index contributed by atoms with van der Waals surface area (Å²) in [4.78, 5) is 8.47. The van der Waals surface area contributed by atoms with E-state index in [4.69, 9.17) is 4.74 Å². The van der Waals surface area contributed by atoms with Gasteiger partial charge in [-0.05, 0) is 19.4 Å². The fourth-order valence-electron chi connectivity index (χ4n) is 1.51. The van der Waals surface area contributed by atoms with Crippen LogP contribution in [-0.4, -0.2) is 23.6 Å². The number of methoxy groups -OCH3 is 1. The van der Waals surface area contributed by atoms with Gasteiger partial charge in [0.25, 0.3) is 0 Å². The molecule has 1 heterocycles. The van der Waals surface area contributed by atoms with E-state index in [2.05, 4.69) is 28.8 Å². The summed E-state index contributed by atoms with van der Waals surface area (Å²) in [6.07, 6.45) is 7.08. The van der Waals surface area contributed by atoms with E-state index in [0.717, 1.165) is 25.1 Å². The van der Waals surface area contributed by atoms with Crippen LogP contribution < -0.4 is 10.1 Å². The molecule has 0 saturated heterocycles. The third-order valence-corrected chi connectivity index (χ3v) is 2.26. The molecule has 0 aliphatic heterocycles. The second-order valence-electron chi connectivity index (χ2n) is 3.48. The van der Waals surface area contributed by atoms with Crippen LogP contribution in [0.2, 0.25) is 0 Å². The van der Waals surface area contributed by atoms with Crippen LogP contribution in [0.3, 0.4) is 0 Å². The van der Waals surface area contributed by atoms with E-state index in [1.54, 1.807) is 19.5 Å². The van der Waals surface area contributed by atoms with E-state index < -0.39 is 0 Å². The van der Waals surface area contributed by atoms with Gasteiger partial charge in [0.1, 0.15) is 5.69 Å². The van der Waals surface area contributed by atoms with Crippen molar-refractivity contribution in [3.63, 3.8) is 0 Å². The predicted molar refractivity (Wildman–Crippen MR) is 64.4 cm³/mol. The zero-order valence-electron chi connectivity index (χ0n) is 9.94. The van der Waals surface area contributed by atoms with E-state index in [9.17, 15) is 0 Å². The largest absolute Gasteiger partial charge is 0.480 e. The van der Waals surface area contributed by atoms with Gasteiger partial charge in [0, 0.05) is 12.4 Å². The van der Waals surface area contributed by atoms with E-state index in [-0.39, 0.29) is 6.04 Å². The fourth-order valence-corrected chi connectivity index (χ4v) is 1.51. The second-order valence-corrected chi connectivity index (χ2v) is 3.48. The van der Waals surface area contributed by atoms with Crippen molar-refractivity contribution in [1.82, 2.24) is 15.3 Å². The molecule has 4 nitrogen and oxygen atoms in total. The SMILES string of the molecule is C=CCC(NCCC)c1nccnc1OC. The summed E-state index contributed by atoms with van der Waals surface area (Å²) < 4.78 is 5.20. The third-order valence-electron chi connectivity index (χ3n) is 2.26. The van der Waals surface area contributed by atoms with Crippen molar-refractivity contribution in [1.29, 1.82) is 0 Å². The highest BCUT2D eigenvalue weighted by atomic mass is 16.5. The Morgan fingerprint density at radius 1 is 1.50 bits per heavy atom. The lowest BCUT2D eigenvalue weighted by atomic mass is 10.1. The maximum atomic E-state index is 5.20. The highest BCUT2D eigenvalue weighted by molar-refractivity contribution is 5.21. The van der Waals surface area contributed by atoms with Crippen molar-refractivity contribution in [2.24, 2.45) is 0 Å². The maximum absolute atomic E-state index is 5.20. The lowest BCUT2D eigenvalue weighted by Gasteiger charge is -2.17. The van der Waals surface area contributed by atoms with Gasteiger partial charge in [0.2, 0.25) is 5.88 Å². The van der Waals surface area contributed by atoms with Gasteiger partial charge in [-0.15, -0.1) is 6.58 Å². The van der Waals surface area contributed by atoms with Crippen molar-refractivity contribution in [3.8, 4) is 5.88 Å². The van der Waals surface area contributed by atoms with Crippen LogP contribution in [0.5, 0.6) is 5.88 Å². The molecule has 1 N–H and O–H groups in total. The lowest BCUT2D eigenvalue weighted by molar-refractivity contribution is 0.377. The summed E-state index contributed by atoms with van der Waals surface area (Å²) in [7, 11) is 1.61. The summed E-state index contributed by atoms with van der Waals surface area (Å²) in [5.74, 6) is 0.581. The number of nitrogens with one attached hydrogen (secondary N) is 1. The van der Waals surface area contributed by atoms with Gasteiger partial charge in [0.15, 0.2) is 0 Å². The Labute approximate surface area is 96.8 Å². The maximum Gasteiger partial charge on any atom is 0.237 e. The minimum Gasteiger partial charge on any atom is -0.480 e. The molecule has 0 spiro atoms. The molecule has 1 aromatic heterocycles. The van der Waals surface area contributed by atoms with Crippen LogP contribution in [0.25, 0.3) is 0 Å². The molecule has 88 valence electrons. The minimum absolute atomic E-state index is 0.126. The summed E-state index contributed by atoms with van der Waals surface area (Å²) in [5.41, 5.74) is 0.846. The predicted octanol–water partition coefficient (Wildman–Crippen LogP) is 2.10. The molecule has 0 fully saturated rings. The number of hydrogen-bond donors (Lipinski definition) is 1. The van der Waals surface area contributed by atoms with Gasteiger partial charge >= 0.3 is 0 Å². The average molecular weight is 221 g/mol. The second kappa shape index (κ2) is 6.95. The van der Waals surface area contributed by atoms with Crippen molar-refractivity contribution in [2.45, 2.75) is 25.8 Å². The van der Waals surface area contributed by atoms with E-state index in [1.165, 1.54) is 0 Å². The van der Waals surface area contributed by atoms with Gasteiger partial charge in [-0.1, -0.05) is 13.0 Å². The molecule has 0 amide bonds. The minimum atomic E-state index is 0.126. The monoisotopic (exact) mass is 221 g/mol. The average Bonchev–Trinajstić information content (AvgIpc) is 2.34. The summed E-state index contributed by atoms with van der Waals surface area (Å²) in [6, 6.07) is 0.126. The number of aromatic nitrogens is 2. The molecule has 1 aromatic rings. The molecular weight excluding hydrogens is 202 g/mol. The van der Waals surface area contributed by atoms with Crippen molar-refractivity contribution >= 4 is 0 Å². The molecule has 1 rings (SSSR count). The van der Waals surface area contributed by atoms with Crippen LogP contribution in [0, 0.1) is 0 Å². The summed E-state index contributed by atoms with van der Waals surface area (Å²) >= 11 is 0. The molecular formula is C12H19N3O. The Morgan fingerprint density at radius 3 is 2.88 bits per heavy atom. The van der Waals surface area contributed by atoms with Gasteiger partial charge in [-0.3, -0.25) is 4.98 Å². The zero-order chi connectivity index (χ0) is 11.8. The first-order valence-electron chi connectivity index (χ1n) is 5.52. The van der Waals surface area contributed by atoms with Crippen molar-refractivity contribution in [3.05, 3.63) is 30.7 Å². The fraction of sp³-hybridized carbons (Fsp3) is 0.500. The van der Waals surface area contributed by atoms with Crippen LogP contribution in [0.15, 0.2) is 25.0 Å². The topological polar surface area (TPSA) is 47.0 Å². The first kappa shape index (κ1) is 12.6. The molecule has 4 heteroatoms. The number of hydrogen-bond acceptors (Lipinski definition) is 4. The quantitative estimate of drug-likeness (QED) is 0.716. The number of nitrogens with zero attached hydrogens (tertiary/aromatic N) is 2. The molecule has 0 aliphatic carbocycles. The highest BCUT2D eigenvalue weighted by Gasteiger charge is 2.16. The standard InChI is InChI=1S/C12H19N3O/c1-4-6-10(13-7-5-2)11-12(16-3)15-9-8-14-11/h4,8-10,13H,1,5-7H2,2-3H3. The normalized spacial score (nSPS) is 12.1. The number of rotatable bonds is 7. The zero-order valence-corrected chi connectivity index (χ0v) is 9.94. The van der Waals surface area contributed by atoms with Crippen LogP contribution in [-0.2, 0) is 0 Å². The molecule has 1 unspecified atom stereocenters. The molecule has 0 radical (unpaired) electrons. The van der Waals surface area contributed by atoms with Crippen LogP contribution in [0.4, 0.5) is 0 Å². The Bertz CT molecular complexity index is 328. The smallest absolute Gasteiger partial charge is 0.237 e. The van der Waals surface area contributed by atoms with Crippen LogP contribution >= 0.6 is 0 Å². The molecule has 0 saturated carbocycles. The lowest BCUT2D eigenvalue weighted by Crippen LogP contribution is -2.23. The van der Waals surface area contributed by atoms with E-state index in [1.807, 2.05) is 6.08 Å². The van der Waals surface area contributed by atoms with E-state index in [0.29, 0.717) is 5.88 Å². The summed E-state index contributed by atoms with van der Waals surface area (Å²) in [5, 5.41) is 3.41. The van der Waals surface area contributed by atoms with Gasteiger partial charge in [-0.25, -0.2) is 4.98 Å². The first-order chi connectivity index (χ1) is 7.83. The van der Waals surface area contributed by atoms with E-state index >= 15 is 0 Å². The van der Waals surface area contributed by atoms with Crippen LogP contribution in [0.1, 0.15) is 31.5 Å². The van der Waals surface area contributed by atoms with Gasteiger partial charge < -0.3 is 10.1 Å².